The number of aliphatic carboxylic acids is 1. The number of aliphatic hydroxyl groups is 1. The Morgan fingerprint density at radius 1 is 1.69 bits per heavy atom. The van der Waals surface area contributed by atoms with Gasteiger partial charge in [-0.25, -0.2) is 0 Å². The smallest absolute Gasteiger partial charge is 0.323 e. The molecule has 1 saturated carbocycles. The molecule has 5 heteroatoms. The Kier molecular flexibility index (Phi) is 5.08. The number of carboxylic acids is 1. The third-order valence-corrected chi connectivity index (χ3v) is 4.48. The largest absolute Gasteiger partial charge is 0.480 e. The summed E-state index contributed by atoms with van der Waals surface area (Å²) in [5.74, 6) is -0.742. The molecule has 0 bridgehead atoms. The molecule has 0 aliphatic heterocycles. The maximum atomic E-state index is 11.3. The van der Waals surface area contributed by atoms with Crippen molar-refractivity contribution in [3.8, 4) is 0 Å². The quantitative estimate of drug-likeness (QED) is 0.655. The number of hydrogen-bond donors (Lipinski definition) is 3. The molecule has 16 heavy (non-hydrogen) atoms. The second-order valence-corrected chi connectivity index (χ2v) is 6.16. The summed E-state index contributed by atoms with van der Waals surface area (Å²) in [7, 11) is 0. The zero-order valence-electron chi connectivity index (χ0n) is 9.90. The Balaban J connectivity index is 2.56. The van der Waals surface area contributed by atoms with E-state index in [0.29, 0.717) is 24.6 Å². The fourth-order valence-electron chi connectivity index (χ4n) is 2.26. The molecule has 0 aromatic rings. The van der Waals surface area contributed by atoms with Crippen molar-refractivity contribution in [1.82, 2.24) is 5.32 Å². The summed E-state index contributed by atoms with van der Waals surface area (Å²) in [4.78, 5) is 11.3. The first kappa shape index (κ1) is 13.8. The highest BCUT2D eigenvalue weighted by molar-refractivity contribution is 8.00. The number of rotatable bonds is 6. The molecular weight excluding hydrogens is 226 g/mol. The van der Waals surface area contributed by atoms with Crippen LogP contribution in [0.25, 0.3) is 0 Å². The molecule has 4 nitrogen and oxygen atoms in total. The Bertz CT molecular complexity index is 249. The van der Waals surface area contributed by atoms with Crippen LogP contribution in [0, 0.1) is 0 Å². The second kappa shape index (κ2) is 5.89. The maximum Gasteiger partial charge on any atom is 0.323 e. The van der Waals surface area contributed by atoms with E-state index in [9.17, 15) is 9.90 Å². The summed E-state index contributed by atoms with van der Waals surface area (Å²) in [5.41, 5.74) is -0.735. The number of thioether (sulfide) groups is 1. The standard InChI is InChI=1S/C11H21NO3S/c1-3-12-11(10(14)15)5-4-9(6-11)16-8(2)7-13/h8-9,12-13H,3-7H2,1-2H3,(H,14,15). The lowest BCUT2D eigenvalue weighted by atomic mass is 9.98. The number of nitrogens with one attached hydrogen (secondary N) is 1. The Morgan fingerprint density at radius 2 is 2.38 bits per heavy atom. The lowest BCUT2D eigenvalue weighted by molar-refractivity contribution is -0.144. The van der Waals surface area contributed by atoms with Gasteiger partial charge in [-0.05, 0) is 25.8 Å². The average Bonchev–Trinajstić information content (AvgIpc) is 2.63. The molecule has 0 spiro atoms. The van der Waals surface area contributed by atoms with E-state index in [1.807, 2.05) is 13.8 Å². The summed E-state index contributed by atoms with van der Waals surface area (Å²) < 4.78 is 0. The molecule has 0 amide bonds. The first-order chi connectivity index (χ1) is 7.54. The normalized spacial score (nSPS) is 31.6. The third kappa shape index (κ3) is 3.12. The third-order valence-electron chi connectivity index (χ3n) is 3.08. The zero-order chi connectivity index (χ0) is 12.2. The Labute approximate surface area is 101 Å². The maximum absolute atomic E-state index is 11.3. The monoisotopic (exact) mass is 247 g/mol. The Hall–Kier alpha value is -0.260. The molecule has 94 valence electrons. The molecule has 3 atom stereocenters. The minimum Gasteiger partial charge on any atom is -0.480 e. The average molecular weight is 247 g/mol. The van der Waals surface area contributed by atoms with Crippen LogP contribution in [0.1, 0.15) is 33.1 Å². The summed E-state index contributed by atoms with van der Waals surface area (Å²) in [5, 5.41) is 21.9. The molecule has 1 aliphatic carbocycles. The van der Waals surface area contributed by atoms with Gasteiger partial charge < -0.3 is 15.5 Å². The van der Waals surface area contributed by atoms with Crippen molar-refractivity contribution in [2.24, 2.45) is 0 Å². The molecule has 3 N–H and O–H groups in total. The molecule has 1 fully saturated rings. The van der Waals surface area contributed by atoms with Crippen molar-refractivity contribution >= 4 is 17.7 Å². The van der Waals surface area contributed by atoms with Crippen molar-refractivity contribution < 1.29 is 15.0 Å². The van der Waals surface area contributed by atoms with Gasteiger partial charge in [-0.1, -0.05) is 13.8 Å². The lowest BCUT2D eigenvalue weighted by Gasteiger charge is -2.25. The molecule has 0 aromatic heterocycles. The van der Waals surface area contributed by atoms with Crippen LogP contribution in [0.3, 0.4) is 0 Å². The first-order valence-electron chi connectivity index (χ1n) is 5.79. The van der Waals surface area contributed by atoms with E-state index in [4.69, 9.17) is 5.11 Å². The van der Waals surface area contributed by atoms with Gasteiger partial charge in [0.2, 0.25) is 0 Å². The summed E-state index contributed by atoms with van der Waals surface area (Å²) in [6, 6.07) is 0. The number of likely N-dealkylation sites (N-methyl/N-ethyl adjacent to an activating group) is 1. The molecule has 1 aliphatic rings. The SMILES string of the molecule is CCNC1(C(=O)O)CCC(SC(C)CO)C1. The predicted octanol–water partition coefficient (Wildman–Crippen LogP) is 1.09. The van der Waals surface area contributed by atoms with Crippen molar-refractivity contribution in [2.75, 3.05) is 13.2 Å². The van der Waals surface area contributed by atoms with Gasteiger partial charge in [0.1, 0.15) is 5.54 Å². The summed E-state index contributed by atoms with van der Waals surface area (Å²) in [6.07, 6.45) is 2.26. The first-order valence-corrected chi connectivity index (χ1v) is 6.73. The van der Waals surface area contributed by atoms with Gasteiger partial charge in [0, 0.05) is 10.5 Å². The highest BCUT2D eigenvalue weighted by Crippen LogP contribution is 2.38. The van der Waals surface area contributed by atoms with E-state index in [1.165, 1.54) is 0 Å². The number of hydrogen-bond acceptors (Lipinski definition) is 4. The van der Waals surface area contributed by atoms with Gasteiger partial charge in [0.15, 0.2) is 0 Å². The molecular formula is C11H21NO3S. The van der Waals surface area contributed by atoms with E-state index >= 15 is 0 Å². The van der Waals surface area contributed by atoms with Crippen LogP contribution in [-0.4, -0.2) is 45.4 Å². The van der Waals surface area contributed by atoms with Gasteiger partial charge in [-0.3, -0.25) is 4.79 Å². The molecule has 0 saturated heterocycles. The van der Waals surface area contributed by atoms with Crippen molar-refractivity contribution in [2.45, 2.75) is 49.1 Å². The minimum absolute atomic E-state index is 0.155. The molecule has 0 radical (unpaired) electrons. The molecule has 1 rings (SSSR count). The Morgan fingerprint density at radius 3 is 2.88 bits per heavy atom. The lowest BCUT2D eigenvalue weighted by Crippen LogP contribution is -2.50. The van der Waals surface area contributed by atoms with Crippen molar-refractivity contribution in [3.63, 3.8) is 0 Å². The van der Waals surface area contributed by atoms with Crippen LogP contribution in [-0.2, 0) is 4.79 Å². The van der Waals surface area contributed by atoms with Crippen LogP contribution in [0.4, 0.5) is 0 Å². The highest BCUT2D eigenvalue weighted by Gasteiger charge is 2.45. The fraction of sp³-hybridized carbons (Fsp3) is 0.909. The van der Waals surface area contributed by atoms with Crippen LogP contribution in [0.15, 0.2) is 0 Å². The second-order valence-electron chi connectivity index (χ2n) is 4.41. The van der Waals surface area contributed by atoms with Crippen LogP contribution in [0.2, 0.25) is 0 Å². The van der Waals surface area contributed by atoms with Crippen molar-refractivity contribution in [1.29, 1.82) is 0 Å². The number of aliphatic hydroxyl groups excluding tert-OH is 1. The molecule has 3 unspecified atom stereocenters. The predicted molar refractivity (Wildman–Crippen MR) is 65.8 cm³/mol. The summed E-state index contributed by atoms with van der Waals surface area (Å²) in [6.45, 7) is 4.74. The van der Waals surface area contributed by atoms with Crippen LogP contribution in [0.5, 0.6) is 0 Å². The van der Waals surface area contributed by atoms with E-state index in [-0.39, 0.29) is 11.9 Å². The van der Waals surface area contributed by atoms with E-state index in [1.54, 1.807) is 11.8 Å². The van der Waals surface area contributed by atoms with Gasteiger partial charge >= 0.3 is 5.97 Å². The van der Waals surface area contributed by atoms with Gasteiger partial charge in [0.25, 0.3) is 0 Å². The van der Waals surface area contributed by atoms with Gasteiger partial charge in [-0.15, -0.1) is 0 Å². The van der Waals surface area contributed by atoms with E-state index in [2.05, 4.69) is 5.32 Å². The highest BCUT2D eigenvalue weighted by atomic mass is 32.2. The van der Waals surface area contributed by atoms with Crippen LogP contribution < -0.4 is 5.32 Å². The van der Waals surface area contributed by atoms with Crippen LogP contribution >= 0.6 is 11.8 Å². The molecule has 0 heterocycles. The summed E-state index contributed by atoms with van der Waals surface area (Å²) >= 11 is 1.70. The zero-order valence-corrected chi connectivity index (χ0v) is 10.7. The van der Waals surface area contributed by atoms with Gasteiger partial charge in [0.05, 0.1) is 6.61 Å². The van der Waals surface area contributed by atoms with E-state index < -0.39 is 11.5 Å². The topological polar surface area (TPSA) is 69.6 Å². The van der Waals surface area contributed by atoms with Crippen molar-refractivity contribution in [3.05, 3.63) is 0 Å². The minimum atomic E-state index is -0.742. The van der Waals surface area contributed by atoms with Gasteiger partial charge in [-0.2, -0.15) is 11.8 Å². The number of carboxylic acid groups (broad SMARTS) is 1. The van der Waals surface area contributed by atoms with E-state index in [0.717, 1.165) is 6.42 Å². The number of carbonyl (C=O) groups is 1. The fourth-order valence-corrected chi connectivity index (χ4v) is 3.63. The molecule has 0 aromatic carbocycles.